The largest absolute Gasteiger partial charge is 0.486 e. The van der Waals surface area contributed by atoms with Crippen LogP contribution in [0.2, 0.25) is 0 Å². The van der Waals surface area contributed by atoms with Gasteiger partial charge in [-0.3, -0.25) is 4.79 Å². The quantitative estimate of drug-likeness (QED) is 0.894. The summed E-state index contributed by atoms with van der Waals surface area (Å²) in [4.78, 5) is 19.3. The van der Waals surface area contributed by atoms with E-state index in [1.54, 1.807) is 0 Å². The van der Waals surface area contributed by atoms with Crippen LogP contribution < -0.4 is 15.6 Å². The fourth-order valence-corrected chi connectivity index (χ4v) is 2.45. The van der Waals surface area contributed by atoms with E-state index in [9.17, 15) is 4.79 Å². The van der Waals surface area contributed by atoms with Crippen molar-refractivity contribution in [2.75, 3.05) is 6.54 Å². The summed E-state index contributed by atoms with van der Waals surface area (Å²) in [6.45, 7) is 3.85. The minimum Gasteiger partial charge on any atom is -0.486 e. The Hall–Kier alpha value is -2.14. The van der Waals surface area contributed by atoms with Crippen LogP contribution in [0.25, 0.3) is 0 Å². The zero-order chi connectivity index (χ0) is 14.7. The lowest BCUT2D eigenvalue weighted by molar-refractivity contribution is 0.294. The maximum Gasteiger partial charge on any atom is 0.255 e. The molecule has 0 aliphatic carbocycles. The highest BCUT2D eigenvalue weighted by Crippen LogP contribution is 2.14. The number of hydrogen-bond acceptors (Lipinski definition) is 4. The molecule has 2 N–H and O–H groups in total. The van der Waals surface area contributed by atoms with Crippen LogP contribution in [0.3, 0.4) is 0 Å². The monoisotopic (exact) mass is 285 g/mol. The van der Waals surface area contributed by atoms with Gasteiger partial charge in [0.2, 0.25) is 0 Å². The number of aromatic amines is 1. The van der Waals surface area contributed by atoms with Crippen molar-refractivity contribution in [3.63, 3.8) is 0 Å². The molecule has 0 saturated carbocycles. The van der Waals surface area contributed by atoms with Gasteiger partial charge in [0.1, 0.15) is 18.2 Å². The molecule has 1 aliphatic rings. The van der Waals surface area contributed by atoms with Gasteiger partial charge >= 0.3 is 0 Å². The molecule has 21 heavy (non-hydrogen) atoms. The van der Waals surface area contributed by atoms with E-state index in [1.165, 1.54) is 5.56 Å². The Balaban J connectivity index is 1.72. The fraction of sp³-hybridized carbons (Fsp3) is 0.375. The molecule has 0 saturated heterocycles. The summed E-state index contributed by atoms with van der Waals surface area (Å²) in [7, 11) is 0. The van der Waals surface area contributed by atoms with Gasteiger partial charge in [-0.2, -0.15) is 0 Å². The summed E-state index contributed by atoms with van der Waals surface area (Å²) < 4.78 is 5.69. The normalized spacial score (nSPS) is 13.8. The number of benzene rings is 1. The van der Waals surface area contributed by atoms with Gasteiger partial charge < -0.3 is 15.0 Å². The number of hydrogen-bond donors (Lipinski definition) is 2. The number of fused-ring (bicyclic) bond motifs is 1. The lowest BCUT2D eigenvalue weighted by Gasteiger charge is -2.16. The highest BCUT2D eigenvalue weighted by molar-refractivity contribution is 5.27. The van der Waals surface area contributed by atoms with Crippen LogP contribution in [0, 0.1) is 0 Å². The molecule has 1 aromatic heterocycles. The number of aromatic nitrogens is 2. The predicted molar refractivity (Wildman–Crippen MR) is 80.4 cm³/mol. The first-order valence-corrected chi connectivity index (χ1v) is 7.29. The predicted octanol–water partition coefficient (Wildman–Crippen LogP) is 1.56. The third-order valence-corrected chi connectivity index (χ3v) is 3.70. The number of rotatable bonds is 4. The molecule has 0 amide bonds. The van der Waals surface area contributed by atoms with Gasteiger partial charge in [0, 0.05) is 19.5 Å². The number of H-pyrrole nitrogens is 1. The molecule has 2 aromatic rings. The first-order chi connectivity index (χ1) is 10.3. The molecular formula is C16H19N3O2. The molecule has 2 heterocycles. The van der Waals surface area contributed by atoms with Crippen LogP contribution in [0.15, 0.2) is 29.1 Å². The van der Waals surface area contributed by atoms with Crippen LogP contribution in [0.5, 0.6) is 5.75 Å². The van der Waals surface area contributed by atoms with E-state index < -0.39 is 0 Å². The smallest absolute Gasteiger partial charge is 0.255 e. The van der Waals surface area contributed by atoms with Crippen LogP contribution in [0.4, 0.5) is 0 Å². The second-order valence-corrected chi connectivity index (χ2v) is 5.15. The van der Waals surface area contributed by atoms with E-state index in [2.05, 4.69) is 22.2 Å². The van der Waals surface area contributed by atoms with Gasteiger partial charge in [-0.15, -0.1) is 0 Å². The third-order valence-electron chi connectivity index (χ3n) is 3.70. The summed E-state index contributed by atoms with van der Waals surface area (Å²) in [5, 5.41) is 3.18. The zero-order valence-electron chi connectivity index (χ0n) is 12.1. The van der Waals surface area contributed by atoms with Crippen LogP contribution in [-0.4, -0.2) is 16.5 Å². The number of nitrogens with one attached hydrogen (secondary N) is 2. The summed E-state index contributed by atoms with van der Waals surface area (Å²) >= 11 is 0. The standard InChI is InChI=1S/C16H19N3O2/c1-2-11-3-5-12(6-4-11)21-10-15-18-14-7-8-17-9-13(14)16(20)19-15/h3-6,17H,2,7-10H2,1H3,(H,18,19,20). The maximum absolute atomic E-state index is 12.0. The molecule has 0 fully saturated rings. The van der Waals surface area contributed by atoms with Gasteiger partial charge in [0.05, 0.1) is 11.3 Å². The lowest BCUT2D eigenvalue weighted by atomic mass is 10.1. The molecule has 0 radical (unpaired) electrons. The van der Waals surface area contributed by atoms with E-state index in [1.807, 2.05) is 24.3 Å². The SMILES string of the molecule is CCc1ccc(OCc2nc3c(c(=O)[nH]2)CNCC3)cc1. The van der Waals surface area contributed by atoms with Crippen LogP contribution >= 0.6 is 0 Å². The third kappa shape index (κ3) is 3.13. The second kappa shape index (κ2) is 6.10. The minimum absolute atomic E-state index is 0.0628. The number of ether oxygens (including phenoxy) is 1. The summed E-state index contributed by atoms with van der Waals surface area (Å²) in [5.41, 5.74) is 2.84. The molecule has 0 bridgehead atoms. The van der Waals surface area contributed by atoms with Gasteiger partial charge in [0.25, 0.3) is 5.56 Å². The molecule has 0 spiro atoms. The van der Waals surface area contributed by atoms with E-state index in [4.69, 9.17) is 4.74 Å². The zero-order valence-corrected chi connectivity index (χ0v) is 12.1. The molecule has 0 atom stereocenters. The fourth-order valence-electron chi connectivity index (χ4n) is 2.45. The second-order valence-electron chi connectivity index (χ2n) is 5.15. The maximum atomic E-state index is 12.0. The Morgan fingerprint density at radius 3 is 2.86 bits per heavy atom. The minimum atomic E-state index is -0.0628. The Bertz CT molecular complexity index is 677. The van der Waals surface area contributed by atoms with E-state index in [0.29, 0.717) is 12.4 Å². The molecule has 5 nitrogen and oxygen atoms in total. The number of aryl methyl sites for hydroxylation is 1. The Morgan fingerprint density at radius 2 is 2.10 bits per heavy atom. The summed E-state index contributed by atoms with van der Waals surface area (Å²) in [6, 6.07) is 7.98. The van der Waals surface area contributed by atoms with Crippen molar-refractivity contribution in [3.8, 4) is 5.75 Å². The summed E-state index contributed by atoms with van der Waals surface area (Å²) in [5.74, 6) is 1.37. The van der Waals surface area contributed by atoms with Crippen molar-refractivity contribution in [1.82, 2.24) is 15.3 Å². The Kier molecular flexibility index (Phi) is 4.01. The first kappa shape index (κ1) is 13.8. The van der Waals surface area contributed by atoms with Crippen molar-refractivity contribution in [1.29, 1.82) is 0 Å². The lowest BCUT2D eigenvalue weighted by Crippen LogP contribution is -2.32. The van der Waals surface area contributed by atoms with Crippen molar-refractivity contribution in [2.24, 2.45) is 0 Å². The Morgan fingerprint density at radius 1 is 1.29 bits per heavy atom. The molecule has 1 aromatic carbocycles. The van der Waals surface area contributed by atoms with E-state index >= 15 is 0 Å². The number of nitrogens with zero attached hydrogens (tertiary/aromatic N) is 1. The summed E-state index contributed by atoms with van der Waals surface area (Å²) in [6.07, 6.45) is 1.80. The topological polar surface area (TPSA) is 67.0 Å². The highest BCUT2D eigenvalue weighted by atomic mass is 16.5. The van der Waals surface area contributed by atoms with Crippen molar-refractivity contribution >= 4 is 0 Å². The van der Waals surface area contributed by atoms with Gasteiger partial charge in [0.15, 0.2) is 0 Å². The van der Waals surface area contributed by atoms with E-state index in [-0.39, 0.29) is 12.2 Å². The van der Waals surface area contributed by atoms with Gasteiger partial charge in [-0.25, -0.2) is 4.98 Å². The molecular weight excluding hydrogens is 266 g/mol. The Labute approximate surface area is 123 Å². The van der Waals surface area contributed by atoms with Crippen molar-refractivity contribution in [3.05, 3.63) is 57.3 Å². The molecule has 5 heteroatoms. The average molecular weight is 285 g/mol. The van der Waals surface area contributed by atoms with Crippen molar-refractivity contribution < 1.29 is 4.74 Å². The van der Waals surface area contributed by atoms with Gasteiger partial charge in [-0.05, 0) is 24.1 Å². The molecule has 1 aliphatic heterocycles. The van der Waals surface area contributed by atoms with Crippen LogP contribution in [-0.2, 0) is 26.0 Å². The molecule has 3 rings (SSSR count). The van der Waals surface area contributed by atoms with Crippen molar-refractivity contribution in [2.45, 2.75) is 32.9 Å². The van der Waals surface area contributed by atoms with Crippen LogP contribution in [0.1, 0.15) is 29.6 Å². The van der Waals surface area contributed by atoms with E-state index in [0.717, 1.165) is 36.4 Å². The highest BCUT2D eigenvalue weighted by Gasteiger charge is 2.15. The average Bonchev–Trinajstić information content (AvgIpc) is 2.53. The molecule has 0 unspecified atom stereocenters. The van der Waals surface area contributed by atoms with Gasteiger partial charge in [-0.1, -0.05) is 19.1 Å². The molecule has 110 valence electrons. The first-order valence-electron chi connectivity index (χ1n) is 7.29.